The van der Waals surface area contributed by atoms with Crippen LogP contribution >= 0.6 is 11.3 Å². The van der Waals surface area contributed by atoms with Crippen molar-refractivity contribution in [2.45, 2.75) is 38.8 Å². The Kier molecular flexibility index (Phi) is 3.84. The summed E-state index contributed by atoms with van der Waals surface area (Å²) in [5.74, 6) is 0.305. The van der Waals surface area contributed by atoms with Crippen LogP contribution in [0, 0.1) is 5.92 Å². The molecule has 2 rings (SSSR count). The number of nitrogens with zero attached hydrogens (tertiary/aromatic N) is 1. The van der Waals surface area contributed by atoms with Crippen LogP contribution in [0.2, 0.25) is 0 Å². The van der Waals surface area contributed by atoms with Gasteiger partial charge in [0.15, 0.2) is 0 Å². The van der Waals surface area contributed by atoms with E-state index < -0.39 is 0 Å². The first-order valence-corrected chi connectivity index (χ1v) is 7.13. The molecular weight excluding hydrogens is 232 g/mol. The van der Waals surface area contributed by atoms with E-state index in [2.05, 4.69) is 16.8 Å². The van der Waals surface area contributed by atoms with Crippen LogP contribution in [-0.4, -0.2) is 23.4 Å². The third kappa shape index (κ3) is 2.53. The zero-order chi connectivity index (χ0) is 12.4. The molecule has 0 radical (unpaired) electrons. The molecule has 2 heterocycles. The predicted octanol–water partition coefficient (Wildman–Crippen LogP) is 2.39. The highest BCUT2D eigenvalue weighted by Gasteiger charge is 2.33. The lowest BCUT2D eigenvalue weighted by atomic mass is 10.0. The first-order chi connectivity index (χ1) is 8.11. The number of carbonyl (C=O) groups excluding carboxylic acids is 1. The molecule has 1 aliphatic heterocycles. The van der Waals surface area contributed by atoms with E-state index in [1.54, 1.807) is 11.3 Å². The highest BCUT2D eigenvalue weighted by atomic mass is 32.1. The number of nitrogens with two attached hydrogens (primary N) is 1. The topological polar surface area (TPSA) is 46.3 Å². The maximum absolute atomic E-state index is 12.3. The summed E-state index contributed by atoms with van der Waals surface area (Å²) in [6, 6.07) is 2.00. The van der Waals surface area contributed by atoms with Crippen molar-refractivity contribution in [2.24, 2.45) is 11.7 Å². The summed E-state index contributed by atoms with van der Waals surface area (Å²) in [6.07, 6.45) is 2.14. The van der Waals surface area contributed by atoms with Crippen LogP contribution < -0.4 is 5.73 Å². The first kappa shape index (κ1) is 12.6. The number of carbonyl (C=O) groups is 1. The highest BCUT2D eigenvalue weighted by molar-refractivity contribution is 7.07. The molecule has 2 atom stereocenters. The Hall–Kier alpha value is -0.870. The number of hydrogen-bond acceptors (Lipinski definition) is 3. The average Bonchev–Trinajstić information content (AvgIpc) is 2.96. The Morgan fingerprint density at radius 1 is 1.59 bits per heavy atom. The molecule has 1 amide bonds. The van der Waals surface area contributed by atoms with Crippen molar-refractivity contribution in [3.63, 3.8) is 0 Å². The monoisotopic (exact) mass is 252 g/mol. The number of hydrogen-bond donors (Lipinski definition) is 1. The summed E-state index contributed by atoms with van der Waals surface area (Å²) in [7, 11) is 0. The van der Waals surface area contributed by atoms with Gasteiger partial charge in [-0.25, -0.2) is 0 Å². The fraction of sp³-hybridized carbons (Fsp3) is 0.615. The van der Waals surface area contributed by atoms with Gasteiger partial charge in [-0.1, -0.05) is 13.8 Å². The van der Waals surface area contributed by atoms with E-state index in [1.165, 1.54) is 5.56 Å². The second kappa shape index (κ2) is 5.19. The van der Waals surface area contributed by atoms with Gasteiger partial charge in [0, 0.05) is 6.54 Å². The predicted molar refractivity (Wildman–Crippen MR) is 70.8 cm³/mol. The largest absolute Gasteiger partial charge is 0.334 e. The molecule has 94 valence electrons. The van der Waals surface area contributed by atoms with Crippen LogP contribution in [0.5, 0.6) is 0 Å². The molecule has 1 fully saturated rings. The van der Waals surface area contributed by atoms with E-state index in [-0.39, 0.29) is 23.9 Å². The standard InChI is InChI=1S/C13H20N2OS/c1-9(2)12(14)13(16)15-6-3-4-11(15)10-5-7-17-8-10/h5,7-9,11-12H,3-4,6,14H2,1-2H3. The average molecular weight is 252 g/mol. The maximum Gasteiger partial charge on any atom is 0.240 e. The molecule has 2 N–H and O–H groups in total. The zero-order valence-electron chi connectivity index (χ0n) is 10.4. The Morgan fingerprint density at radius 3 is 2.94 bits per heavy atom. The van der Waals surface area contributed by atoms with E-state index in [0.29, 0.717) is 0 Å². The summed E-state index contributed by atoms with van der Waals surface area (Å²) in [4.78, 5) is 14.3. The molecule has 0 aromatic carbocycles. The van der Waals surface area contributed by atoms with Crippen molar-refractivity contribution >= 4 is 17.2 Å². The second-order valence-electron chi connectivity index (χ2n) is 5.02. The van der Waals surface area contributed by atoms with Crippen LogP contribution in [-0.2, 0) is 4.79 Å². The molecule has 17 heavy (non-hydrogen) atoms. The lowest BCUT2D eigenvalue weighted by Gasteiger charge is -2.28. The minimum Gasteiger partial charge on any atom is -0.334 e. The van der Waals surface area contributed by atoms with Crippen LogP contribution in [0.25, 0.3) is 0 Å². The van der Waals surface area contributed by atoms with Gasteiger partial charge in [-0.3, -0.25) is 4.79 Å². The van der Waals surface area contributed by atoms with Crippen LogP contribution in [0.3, 0.4) is 0 Å². The van der Waals surface area contributed by atoms with Crippen LogP contribution in [0.15, 0.2) is 16.8 Å². The van der Waals surface area contributed by atoms with E-state index in [1.807, 2.05) is 18.7 Å². The fourth-order valence-electron chi connectivity index (χ4n) is 2.32. The maximum atomic E-state index is 12.3. The molecule has 1 aromatic rings. The first-order valence-electron chi connectivity index (χ1n) is 6.19. The minimum atomic E-state index is -0.366. The Morgan fingerprint density at radius 2 is 2.35 bits per heavy atom. The third-order valence-electron chi connectivity index (χ3n) is 3.47. The van der Waals surface area contributed by atoms with Gasteiger partial charge in [-0.15, -0.1) is 0 Å². The summed E-state index contributed by atoms with van der Waals surface area (Å²) in [5.41, 5.74) is 7.23. The van der Waals surface area contributed by atoms with Gasteiger partial charge in [0.1, 0.15) is 0 Å². The molecule has 1 saturated heterocycles. The van der Waals surface area contributed by atoms with Gasteiger partial charge < -0.3 is 10.6 Å². The van der Waals surface area contributed by atoms with Crippen molar-refractivity contribution in [3.8, 4) is 0 Å². The van der Waals surface area contributed by atoms with Crippen LogP contribution in [0.4, 0.5) is 0 Å². The van der Waals surface area contributed by atoms with Gasteiger partial charge in [-0.05, 0) is 41.1 Å². The molecule has 1 aromatic heterocycles. The van der Waals surface area contributed by atoms with E-state index >= 15 is 0 Å². The number of likely N-dealkylation sites (tertiary alicyclic amines) is 1. The minimum absolute atomic E-state index is 0.105. The molecule has 0 spiro atoms. The van der Waals surface area contributed by atoms with Gasteiger partial charge in [0.2, 0.25) is 5.91 Å². The summed E-state index contributed by atoms with van der Waals surface area (Å²) in [6.45, 7) is 4.84. The van der Waals surface area contributed by atoms with Gasteiger partial charge in [0.25, 0.3) is 0 Å². The third-order valence-corrected chi connectivity index (χ3v) is 4.17. The van der Waals surface area contributed by atoms with Crippen molar-refractivity contribution < 1.29 is 4.79 Å². The molecule has 0 saturated carbocycles. The molecule has 0 aliphatic carbocycles. The van der Waals surface area contributed by atoms with Crippen molar-refractivity contribution in [2.75, 3.05) is 6.54 Å². The quantitative estimate of drug-likeness (QED) is 0.898. The Labute approximate surface area is 107 Å². The molecule has 1 aliphatic rings. The number of thiophene rings is 1. The van der Waals surface area contributed by atoms with Gasteiger partial charge >= 0.3 is 0 Å². The highest BCUT2D eigenvalue weighted by Crippen LogP contribution is 2.33. The Balaban J connectivity index is 2.12. The van der Waals surface area contributed by atoms with E-state index in [9.17, 15) is 4.79 Å². The zero-order valence-corrected chi connectivity index (χ0v) is 11.2. The van der Waals surface area contributed by atoms with Crippen molar-refractivity contribution in [1.29, 1.82) is 0 Å². The summed E-state index contributed by atoms with van der Waals surface area (Å²) < 4.78 is 0. The van der Waals surface area contributed by atoms with E-state index in [4.69, 9.17) is 5.73 Å². The molecule has 4 heteroatoms. The van der Waals surface area contributed by atoms with Crippen LogP contribution in [0.1, 0.15) is 38.3 Å². The molecule has 0 bridgehead atoms. The summed E-state index contributed by atoms with van der Waals surface area (Å²) in [5, 5.41) is 4.20. The molecule has 3 nitrogen and oxygen atoms in total. The van der Waals surface area contributed by atoms with E-state index in [0.717, 1.165) is 19.4 Å². The fourth-order valence-corrected chi connectivity index (χ4v) is 3.03. The Bertz CT molecular complexity index is 375. The smallest absolute Gasteiger partial charge is 0.240 e. The lowest BCUT2D eigenvalue weighted by molar-refractivity contribution is -0.134. The molecule has 2 unspecified atom stereocenters. The number of rotatable bonds is 3. The van der Waals surface area contributed by atoms with Crippen molar-refractivity contribution in [1.82, 2.24) is 4.90 Å². The molecular formula is C13H20N2OS. The normalized spacial score (nSPS) is 22.1. The SMILES string of the molecule is CC(C)C(N)C(=O)N1CCCC1c1ccsc1. The number of amides is 1. The second-order valence-corrected chi connectivity index (χ2v) is 5.80. The van der Waals surface area contributed by atoms with Gasteiger partial charge in [0.05, 0.1) is 12.1 Å². The summed E-state index contributed by atoms with van der Waals surface area (Å²) >= 11 is 1.69. The van der Waals surface area contributed by atoms with Crippen molar-refractivity contribution in [3.05, 3.63) is 22.4 Å². The lowest BCUT2D eigenvalue weighted by Crippen LogP contribution is -2.46. The van der Waals surface area contributed by atoms with Gasteiger partial charge in [-0.2, -0.15) is 11.3 Å².